The Morgan fingerprint density at radius 3 is 2.93 bits per heavy atom. The number of hydrogen-bond donors (Lipinski definition) is 1. The topological polar surface area (TPSA) is 46.9 Å². The summed E-state index contributed by atoms with van der Waals surface area (Å²) in [6.07, 6.45) is 3.80. The fourth-order valence-electron chi connectivity index (χ4n) is 1.38. The molecule has 0 saturated heterocycles. The van der Waals surface area contributed by atoms with Crippen molar-refractivity contribution in [2.24, 2.45) is 0 Å². The molecule has 0 radical (unpaired) electrons. The molecule has 0 aliphatic rings. The van der Waals surface area contributed by atoms with Crippen LogP contribution >= 0.6 is 0 Å². The predicted molar refractivity (Wildman–Crippen MR) is 61.0 cm³/mol. The first kappa shape index (κ1) is 11.9. The normalized spacial score (nSPS) is 10.5. The fraction of sp³-hybridized carbons (Fsp3) is 0.636. The van der Waals surface area contributed by atoms with E-state index in [1.807, 2.05) is 6.92 Å². The number of aromatic nitrogens is 2. The van der Waals surface area contributed by atoms with E-state index in [-0.39, 0.29) is 5.56 Å². The van der Waals surface area contributed by atoms with Gasteiger partial charge in [0.05, 0.1) is 6.20 Å². The van der Waals surface area contributed by atoms with Crippen LogP contribution in [0, 0.1) is 6.92 Å². The molecule has 0 saturated carbocycles. The first-order chi connectivity index (χ1) is 7.24. The number of aryl methyl sites for hydroxylation is 2. The largest absolute Gasteiger partial charge is 0.317 e. The summed E-state index contributed by atoms with van der Waals surface area (Å²) >= 11 is 0. The minimum absolute atomic E-state index is 0.00143. The van der Waals surface area contributed by atoms with Gasteiger partial charge >= 0.3 is 0 Å². The Bertz CT molecular complexity index is 346. The minimum atomic E-state index is -0.00143. The Morgan fingerprint density at radius 1 is 1.47 bits per heavy atom. The van der Waals surface area contributed by atoms with E-state index in [1.54, 1.807) is 12.3 Å². The van der Waals surface area contributed by atoms with Gasteiger partial charge in [-0.1, -0.05) is 6.92 Å². The van der Waals surface area contributed by atoms with Gasteiger partial charge < -0.3 is 5.32 Å². The van der Waals surface area contributed by atoms with Crippen LogP contribution in [0.2, 0.25) is 0 Å². The maximum Gasteiger partial charge on any atom is 0.266 e. The van der Waals surface area contributed by atoms with Crippen molar-refractivity contribution in [1.82, 2.24) is 15.1 Å². The van der Waals surface area contributed by atoms with Gasteiger partial charge in [0, 0.05) is 12.6 Å². The molecule has 0 aromatic carbocycles. The molecular formula is C11H19N3O. The van der Waals surface area contributed by atoms with Gasteiger partial charge in [0.2, 0.25) is 0 Å². The summed E-state index contributed by atoms with van der Waals surface area (Å²) in [4.78, 5) is 11.4. The molecule has 0 aliphatic heterocycles. The van der Waals surface area contributed by atoms with Crippen LogP contribution in [0.1, 0.15) is 25.3 Å². The van der Waals surface area contributed by atoms with Gasteiger partial charge in [-0.2, -0.15) is 5.10 Å². The highest BCUT2D eigenvalue weighted by Crippen LogP contribution is 1.91. The van der Waals surface area contributed by atoms with Crippen LogP contribution in [-0.4, -0.2) is 22.9 Å². The van der Waals surface area contributed by atoms with E-state index in [1.165, 1.54) is 4.68 Å². The second kappa shape index (κ2) is 6.35. The molecule has 1 rings (SSSR count). The first-order valence-corrected chi connectivity index (χ1v) is 5.48. The Balaban J connectivity index is 2.34. The molecule has 84 valence electrons. The SMILES string of the molecule is CCNCCCCn1ncc(C)cc1=O. The summed E-state index contributed by atoms with van der Waals surface area (Å²) in [6, 6.07) is 1.62. The van der Waals surface area contributed by atoms with Crippen LogP contribution in [-0.2, 0) is 6.54 Å². The second-order valence-corrected chi connectivity index (χ2v) is 3.65. The van der Waals surface area contributed by atoms with Gasteiger partial charge in [0.25, 0.3) is 5.56 Å². The van der Waals surface area contributed by atoms with Crippen LogP contribution < -0.4 is 10.9 Å². The molecule has 4 nitrogen and oxygen atoms in total. The molecule has 0 unspecified atom stereocenters. The van der Waals surface area contributed by atoms with E-state index in [0.29, 0.717) is 6.54 Å². The van der Waals surface area contributed by atoms with Crippen LogP contribution in [0.15, 0.2) is 17.1 Å². The molecule has 1 N–H and O–H groups in total. The average Bonchev–Trinajstić information content (AvgIpc) is 2.20. The van der Waals surface area contributed by atoms with Gasteiger partial charge in [-0.15, -0.1) is 0 Å². The average molecular weight is 209 g/mol. The molecule has 1 heterocycles. The third kappa shape index (κ3) is 4.25. The highest BCUT2D eigenvalue weighted by molar-refractivity contribution is 5.02. The van der Waals surface area contributed by atoms with Crippen LogP contribution in [0.25, 0.3) is 0 Å². The monoisotopic (exact) mass is 209 g/mol. The van der Waals surface area contributed by atoms with Crippen molar-refractivity contribution in [2.75, 3.05) is 13.1 Å². The molecule has 4 heteroatoms. The van der Waals surface area contributed by atoms with E-state index in [9.17, 15) is 4.79 Å². The number of hydrogen-bond acceptors (Lipinski definition) is 3. The molecule has 1 aromatic rings. The van der Waals surface area contributed by atoms with Crippen LogP contribution in [0.4, 0.5) is 0 Å². The van der Waals surface area contributed by atoms with E-state index in [0.717, 1.165) is 31.5 Å². The van der Waals surface area contributed by atoms with Crippen molar-refractivity contribution in [3.63, 3.8) is 0 Å². The predicted octanol–water partition coefficient (Wildman–Crippen LogP) is 0.941. The quantitative estimate of drug-likeness (QED) is 0.709. The molecule has 0 aliphatic carbocycles. The molecule has 0 fully saturated rings. The number of rotatable bonds is 6. The summed E-state index contributed by atoms with van der Waals surface area (Å²) < 4.78 is 1.53. The molecule has 0 amide bonds. The third-order valence-electron chi connectivity index (χ3n) is 2.23. The standard InChI is InChI=1S/C11H19N3O/c1-3-12-6-4-5-7-14-11(15)8-10(2)9-13-14/h8-9,12H,3-7H2,1-2H3. The van der Waals surface area contributed by atoms with E-state index in [4.69, 9.17) is 0 Å². The highest BCUT2D eigenvalue weighted by atomic mass is 16.1. The van der Waals surface area contributed by atoms with Gasteiger partial charge in [-0.3, -0.25) is 4.79 Å². The highest BCUT2D eigenvalue weighted by Gasteiger charge is 1.96. The Kier molecular flexibility index (Phi) is 5.04. The van der Waals surface area contributed by atoms with Gasteiger partial charge in [0.15, 0.2) is 0 Å². The third-order valence-corrected chi connectivity index (χ3v) is 2.23. The summed E-state index contributed by atoms with van der Waals surface area (Å²) in [7, 11) is 0. The summed E-state index contributed by atoms with van der Waals surface area (Å²) in [6.45, 7) is 6.69. The second-order valence-electron chi connectivity index (χ2n) is 3.65. The van der Waals surface area contributed by atoms with Gasteiger partial charge in [-0.05, 0) is 38.4 Å². The van der Waals surface area contributed by atoms with Crippen molar-refractivity contribution in [3.8, 4) is 0 Å². The van der Waals surface area contributed by atoms with Crippen LogP contribution in [0.3, 0.4) is 0 Å². The molecule has 0 spiro atoms. The van der Waals surface area contributed by atoms with Crippen molar-refractivity contribution in [2.45, 2.75) is 33.2 Å². The maximum atomic E-state index is 11.4. The van der Waals surface area contributed by atoms with Crippen molar-refractivity contribution in [3.05, 3.63) is 28.2 Å². The summed E-state index contributed by atoms with van der Waals surface area (Å²) in [5.74, 6) is 0. The lowest BCUT2D eigenvalue weighted by molar-refractivity contribution is 0.518. The molecule has 1 aromatic heterocycles. The zero-order chi connectivity index (χ0) is 11.1. The Hall–Kier alpha value is -1.16. The number of nitrogens with one attached hydrogen (secondary N) is 1. The number of nitrogens with zero attached hydrogens (tertiary/aromatic N) is 2. The first-order valence-electron chi connectivity index (χ1n) is 5.48. The smallest absolute Gasteiger partial charge is 0.266 e. The summed E-state index contributed by atoms with van der Waals surface area (Å²) in [5.41, 5.74) is 0.919. The Morgan fingerprint density at radius 2 is 2.27 bits per heavy atom. The zero-order valence-corrected chi connectivity index (χ0v) is 9.49. The molecule has 0 bridgehead atoms. The Labute approximate surface area is 90.3 Å². The fourth-order valence-corrected chi connectivity index (χ4v) is 1.38. The van der Waals surface area contributed by atoms with E-state index >= 15 is 0 Å². The number of unbranched alkanes of at least 4 members (excludes halogenated alkanes) is 1. The molecule has 0 atom stereocenters. The van der Waals surface area contributed by atoms with Gasteiger partial charge in [0.1, 0.15) is 0 Å². The minimum Gasteiger partial charge on any atom is -0.317 e. The lowest BCUT2D eigenvalue weighted by atomic mass is 10.3. The van der Waals surface area contributed by atoms with Crippen molar-refractivity contribution >= 4 is 0 Å². The molecule has 15 heavy (non-hydrogen) atoms. The lowest BCUT2D eigenvalue weighted by Gasteiger charge is -2.04. The van der Waals surface area contributed by atoms with Crippen molar-refractivity contribution < 1.29 is 0 Å². The lowest BCUT2D eigenvalue weighted by Crippen LogP contribution is -2.23. The zero-order valence-electron chi connectivity index (χ0n) is 9.49. The maximum absolute atomic E-state index is 11.4. The molecular weight excluding hydrogens is 190 g/mol. The summed E-state index contributed by atoms with van der Waals surface area (Å²) in [5, 5.41) is 7.33. The van der Waals surface area contributed by atoms with Crippen LogP contribution in [0.5, 0.6) is 0 Å². The van der Waals surface area contributed by atoms with E-state index < -0.39 is 0 Å². The van der Waals surface area contributed by atoms with Gasteiger partial charge in [-0.25, -0.2) is 4.68 Å². The van der Waals surface area contributed by atoms with E-state index in [2.05, 4.69) is 17.3 Å². The van der Waals surface area contributed by atoms with Crippen molar-refractivity contribution in [1.29, 1.82) is 0 Å².